The van der Waals surface area contributed by atoms with Crippen LogP contribution >= 0.6 is 0 Å². The topological polar surface area (TPSA) is 78.1 Å². The number of nitrogens with zero attached hydrogens (tertiary/aromatic N) is 2. The minimum absolute atomic E-state index is 0.0246. The van der Waals surface area contributed by atoms with Gasteiger partial charge in [0.15, 0.2) is 0 Å². The number of H-pyrrole nitrogens is 1. The van der Waals surface area contributed by atoms with E-state index in [0.29, 0.717) is 24.5 Å². The number of halogens is 1. The number of nitrogens with one attached hydrogen (secondary N) is 2. The Balaban J connectivity index is 1.39. The summed E-state index contributed by atoms with van der Waals surface area (Å²) in [5, 5.41) is 9.92. The highest BCUT2D eigenvalue weighted by Gasteiger charge is 2.34. The lowest BCUT2D eigenvalue weighted by Crippen LogP contribution is -2.39. The van der Waals surface area contributed by atoms with Crippen molar-refractivity contribution in [1.82, 2.24) is 20.4 Å². The van der Waals surface area contributed by atoms with E-state index in [9.17, 15) is 14.0 Å². The van der Waals surface area contributed by atoms with Crippen molar-refractivity contribution in [2.45, 2.75) is 25.3 Å². The van der Waals surface area contributed by atoms with Gasteiger partial charge in [-0.2, -0.15) is 5.10 Å². The molecule has 2 amide bonds. The Morgan fingerprint density at radius 3 is 2.68 bits per heavy atom. The van der Waals surface area contributed by atoms with E-state index in [2.05, 4.69) is 15.5 Å². The van der Waals surface area contributed by atoms with Gasteiger partial charge < -0.3 is 10.2 Å². The van der Waals surface area contributed by atoms with Crippen molar-refractivity contribution in [2.24, 2.45) is 5.92 Å². The van der Waals surface area contributed by atoms with E-state index in [1.165, 1.54) is 12.1 Å². The summed E-state index contributed by atoms with van der Waals surface area (Å²) in [6, 6.07) is 7.67. The minimum atomic E-state index is -0.313. The zero-order chi connectivity index (χ0) is 17.4. The molecule has 6 nitrogen and oxygen atoms in total. The van der Waals surface area contributed by atoms with E-state index >= 15 is 0 Å². The minimum Gasteiger partial charge on any atom is -0.351 e. The maximum atomic E-state index is 13.0. The van der Waals surface area contributed by atoms with E-state index in [0.717, 1.165) is 24.8 Å². The Morgan fingerprint density at radius 2 is 1.96 bits per heavy atom. The van der Waals surface area contributed by atoms with Crippen molar-refractivity contribution >= 4 is 11.8 Å². The molecule has 2 heterocycles. The molecule has 0 bridgehead atoms. The highest BCUT2D eigenvalue weighted by atomic mass is 19.1. The van der Waals surface area contributed by atoms with Gasteiger partial charge in [-0.05, 0) is 49.6 Å². The summed E-state index contributed by atoms with van der Waals surface area (Å²) in [4.78, 5) is 26.2. The van der Waals surface area contributed by atoms with Gasteiger partial charge in [-0.3, -0.25) is 14.7 Å². The molecule has 0 radical (unpaired) electrons. The molecule has 25 heavy (non-hydrogen) atoms. The Hall–Kier alpha value is -2.70. The standard InChI is InChI=1S/C18H19FN4O2/c19-13-5-3-11(4-6-13)15-9-16(22-21-15)18(25)23-8-7-14(10-23)20-17(24)12-1-2-12/h3-6,9,12,14H,1-2,7-8,10H2,(H,20,24)(H,21,22)/t14-/m1/s1. The number of amides is 2. The number of likely N-dealkylation sites (tertiary alicyclic amines) is 1. The third kappa shape index (κ3) is 3.40. The van der Waals surface area contributed by atoms with Crippen molar-refractivity contribution in [2.75, 3.05) is 13.1 Å². The highest BCUT2D eigenvalue weighted by molar-refractivity contribution is 5.93. The Kier molecular flexibility index (Phi) is 3.99. The first-order valence-electron chi connectivity index (χ1n) is 8.51. The molecular weight excluding hydrogens is 323 g/mol. The van der Waals surface area contributed by atoms with Crippen molar-refractivity contribution in [1.29, 1.82) is 0 Å². The number of carbonyl (C=O) groups excluding carboxylic acids is 2. The first-order valence-corrected chi connectivity index (χ1v) is 8.51. The number of aromatic nitrogens is 2. The van der Waals surface area contributed by atoms with Crippen molar-refractivity contribution in [3.63, 3.8) is 0 Å². The van der Waals surface area contributed by atoms with Crippen molar-refractivity contribution < 1.29 is 14.0 Å². The van der Waals surface area contributed by atoms with Crippen LogP contribution in [0.3, 0.4) is 0 Å². The van der Waals surface area contributed by atoms with E-state index < -0.39 is 0 Å². The lowest BCUT2D eigenvalue weighted by Gasteiger charge is -2.16. The van der Waals surface area contributed by atoms with Gasteiger partial charge in [0, 0.05) is 30.6 Å². The predicted molar refractivity (Wildman–Crippen MR) is 89.2 cm³/mol. The largest absolute Gasteiger partial charge is 0.351 e. The van der Waals surface area contributed by atoms with Crippen LogP contribution in [0, 0.1) is 11.7 Å². The molecule has 7 heteroatoms. The molecule has 1 aliphatic heterocycles. The fourth-order valence-electron chi connectivity index (χ4n) is 3.10. The Labute approximate surface area is 144 Å². The maximum absolute atomic E-state index is 13.0. The molecule has 1 saturated carbocycles. The summed E-state index contributed by atoms with van der Waals surface area (Å²) in [7, 11) is 0. The quantitative estimate of drug-likeness (QED) is 0.891. The SMILES string of the molecule is O=C(N[C@@H]1CCN(C(=O)c2cc(-c3ccc(F)cc3)n[nH]2)C1)C1CC1. The highest BCUT2D eigenvalue weighted by Crippen LogP contribution is 2.29. The van der Waals surface area contributed by atoms with Crippen LogP contribution < -0.4 is 5.32 Å². The van der Waals surface area contributed by atoms with Gasteiger partial charge in [0.1, 0.15) is 11.5 Å². The Morgan fingerprint density at radius 1 is 1.20 bits per heavy atom. The van der Waals surface area contributed by atoms with Crippen LogP contribution in [-0.4, -0.2) is 46.0 Å². The van der Waals surface area contributed by atoms with Crippen LogP contribution in [0.15, 0.2) is 30.3 Å². The van der Waals surface area contributed by atoms with Gasteiger partial charge in [-0.1, -0.05) is 0 Å². The van der Waals surface area contributed by atoms with Gasteiger partial charge in [-0.15, -0.1) is 0 Å². The molecule has 1 saturated heterocycles. The van der Waals surface area contributed by atoms with Crippen LogP contribution in [-0.2, 0) is 4.79 Å². The zero-order valence-electron chi connectivity index (χ0n) is 13.7. The molecule has 4 rings (SSSR count). The first-order chi connectivity index (χ1) is 12.1. The Bertz CT molecular complexity index is 798. The second-order valence-corrected chi connectivity index (χ2v) is 6.69. The second kappa shape index (κ2) is 6.31. The molecule has 1 aromatic heterocycles. The summed E-state index contributed by atoms with van der Waals surface area (Å²) in [5.41, 5.74) is 1.74. The number of carbonyl (C=O) groups is 2. The summed E-state index contributed by atoms with van der Waals surface area (Å²) >= 11 is 0. The summed E-state index contributed by atoms with van der Waals surface area (Å²) in [5.74, 6) is -0.161. The van der Waals surface area contributed by atoms with Crippen LogP contribution in [0.4, 0.5) is 4.39 Å². The molecule has 2 aliphatic rings. The fraction of sp³-hybridized carbons (Fsp3) is 0.389. The molecule has 1 aliphatic carbocycles. The zero-order valence-corrected chi connectivity index (χ0v) is 13.7. The maximum Gasteiger partial charge on any atom is 0.271 e. The lowest BCUT2D eigenvalue weighted by molar-refractivity contribution is -0.122. The molecule has 1 atom stereocenters. The third-order valence-corrected chi connectivity index (χ3v) is 4.72. The van der Waals surface area contributed by atoms with Gasteiger partial charge in [-0.25, -0.2) is 4.39 Å². The molecule has 130 valence electrons. The van der Waals surface area contributed by atoms with E-state index in [1.54, 1.807) is 23.1 Å². The average Bonchev–Trinajstić information content (AvgIpc) is 3.17. The van der Waals surface area contributed by atoms with Crippen LogP contribution in [0.1, 0.15) is 29.8 Å². The summed E-state index contributed by atoms with van der Waals surface area (Å²) in [6.45, 7) is 1.13. The van der Waals surface area contributed by atoms with Gasteiger partial charge in [0.05, 0.1) is 5.69 Å². The first kappa shape index (κ1) is 15.8. The summed E-state index contributed by atoms with van der Waals surface area (Å²) in [6.07, 6.45) is 2.71. The molecular formula is C18H19FN4O2. The lowest BCUT2D eigenvalue weighted by atomic mass is 10.1. The van der Waals surface area contributed by atoms with Crippen molar-refractivity contribution in [3.05, 3.63) is 41.8 Å². The molecule has 1 aromatic carbocycles. The van der Waals surface area contributed by atoms with Gasteiger partial charge in [0.2, 0.25) is 5.91 Å². The third-order valence-electron chi connectivity index (χ3n) is 4.72. The molecule has 0 spiro atoms. The number of aromatic amines is 1. The van der Waals surface area contributed by atoms with Crippen molar-refractivity contribution in [3.8, 4) is 11.3 Å². The number of rotatable bonds is 4. The van der Waals surface area contributed by atoms with Crippen LogP contribution in [0.5, 0.6) is 0 Å². The molecule has 0 unspecified atom stereocenters. The fourth-order valence-corrected chi connectivity index (χ4v) is 3.10. The number of benzene rings is 1. The number of hydrogen-bond acceptors (Lipinski definition) is 3. The van der Waals surface area contributed by atoms with Crippen LogP contribution in [0.2, 0.25) is 0 Å². The van der Waals surface area contributed by atoms with E-state index in [-0.39, 0.29) is 29.6 Å². The second-order valence-electron chi connectivity index (χ2n) is 6.69. The van der Waals surface area contributed by atoms with E-state index in [1.807, 2.05) is 0 Å². The van der Waals surface area contributed by atoms with Gasteiger partial charge in [0.25, 0.3) is 5.91 Å². The number of hydrogen-bond donors (Lipinski definition) is 2. The van der Waals surface area contributed by atoms with E-state index in [4.69, 9.17) is 0 Å². The summed E-state index contributed by atoms with van der Waals surface area (Å²) < 4.78 is 13.0. The van der Waals surface area contributed by atoms with Crippen LogP contribution in [0.25, 0.3) is 11.3 Å². The predicted octanol–water partition coefficient (Wildman–Crippen LogP) is 1.96. The molecule has 2 fully saturated rings. The smallest absolute Gasteiger partial charge is 0.271 e. The normalized spacial score (nSPS) is 19.9. The average molecular weight is 342 g/mol. The molecule has 2 N–H and O–H groups in total. The monoisotopic (exact) mass is 342 g/mol. The molecule has 2 aromatic rings. The van der Waals surface area contributed by atoms with Gasteiger partial charge >= 0.3 is 0 Å².